The summed E-state index contributed by atoms with van der Waals surface area (Å²) in [6.45, 7) is 1.46. The van der Waals surface area contributed by atoms with Crippen molar-refractivity contribution in [2.45, 2.75) is 12.8 Å². The fourth-order valence-electron chi connectivity index (χ4n) is 3.52. The van der Waals surface area contributed by atoms with E-state index in [4.69, 9.17) is 4.74 Å². The molecule has 0 fully saturated rings. The standard InChI is InChI=1S/C23H23N3O2/c1-28-20-7-4-5-17(15-20)9-12-24-19-10-13-25-21(16-19)23(27)26-14-11-18-6-2-3-8-22(18)26/h2-8,10,13,15-16H,9,11-12,14H2,1H3,(H,24,25). The van der Waals surface area contributed by atoms with Gasteiger partial charge in [0.15, 0.2) is 0 Å². The molecular weight excluding hydrogens is 350 g/mol. The normalized spacial score (nSPS) is 12.5. The first-order valence-electron chi connectivity index (χ1n) is 9.47. The summed E-state index contributed by atoms with van der Waals surface area (Å²) >= 11 is 0. The summed E-state index contributed by atoms with van der Waals surface area (Å²) in [6.07, 6.45) is 3.44. The highest BCUT2D eigenvalue weighted by molar-refractivity contribution is 6.06. The van der Waals surface area contributed by atoms with E-state index in [-0.39, 0.29) is 5.91 Å². The second-order valence-electron chi connectivity index (χ2n) is 6.79. The number of nitrogens with one attached hydrogen (secondary N) is 1. The third-order valence-electron chi connectivity index (χ3n) is 4.99. The number of methoxy groups -OCH3 is 1. The Hall–Kier alpha value is -3.34. The number of anilines is 2. The van der Waals surface area contributed by atoms with Crippen molar-refractivity contribution in [3.8, 4) is 5.75 Å². The van der Waals surface area contributed by atoms with Crippen molar-refractivity contribution in [2.24, 2.45) is 0 Å². The van der Waals surface area contributed by atoms with Crippen molar-refractivity contribution in [3.05, 3.63) is 83.7 Å². The van der Waals surface area contributed by atoms with Gasteiger partial charge in [0.05, 0.1) is 7.11 Å². The first-order valence-corrected chi connectivity index (χ1v) is 9.47. The minimum absolute atomic E-state index is 0.0543. The molecule has 1 N–H and O–H groups in total. The van der Waals surface area contributed by atoms with E-state index in [0.29, 0.717) is 12.2 Å². The van der Waals surface area contributed by atoms with Gasteiger partial charge in [0.2, 0.25) is 0 Å². The summed E-state index contributed by atoms with van der Waals surface area (Å²) in [7, 11) is 1.67. The van der Waals surface area contributed by atoms with Crippen molar-refractivity contribution in [3.63, 3.8) is 0 Å². The Morgan fingerprint density at radius 3 is 2.93 bits per heavy atom. The van der Waals surface area contributed by atoms with Crippen LogP contribution in [0.2, 0.25) is 0 Å². The van der Waals surface area contributed by atoms with Crippen molar-refractivity contribution in [1.82, 2.24) is 4.98 Å². The van der Waals surface area contributed by atoms with Crippen molar-refractivity contribution in [1.29, 1.82) is 0 Å². The van der Waals surface area contributed by atoms with Gasteiger partial charge in [-0.25, -0.2) is 0 Å². The minimum atomic E-state index is -0.0543. The SMILES string of the molecule is COc1cccc(CCNc2ccnc(C(=O)N3CCc4ccccc43)c2)c1. The third-order valence-corrected chi connectivity index (χ3v) is 4.99. The van der Waals surface area contributed by atoms with E-state index in [1.807, 2.05) is 53.4 Å². The minimum Gasteiger partial charge on any atom is -0.497 e. The molecule has 4 rings (SSSR count). The Morgan fingerprint density at radius 1 is 1.14 bits per heavy atom. The lowest BCUT2D eigenvalue weighted by Gasteiger charge is -2.17. The predicted octanol–water partition coefficient (Wildman–Crippen LogP) is 3.95. The van der Waals surface area contributed by atoms with Gasteiger partial charge in [-0.15, -0.1) is 0 Å². The molecule has 5 heteroatoms. The summed E-state index contributed by atoms with van der Waals surface area (Å²) in [5.74, 6) is 0.807. The number of benzene rings is 2. The third kappa shape index (κ3) is 3.83. The molecule has 142 valence electrons. The number of ether oxygens (including phenoxy) is 1. The number of amides is 1. The zero-order chi connectivity index (χ0) is 19.3. The highest BCUT2D eigenvalue weighted by Crippen LogP contribution is 2.28. The van der Waals surface area contributed by atoms with Crippen LogP contribution in [0.4, 0.5) is 11.4 Å². The van der Waals surface area contributed by atoms with E-state index in [1.54, 1.807) is 13.3 Å². The van der Waals surface area contributed by atoms with Crippen LogP contribution >= 0.6 is 0 Å². The Morgan fingerprint density at radius 2 is 2.04 bits per heavy atom. The van der Waals surface area contributed by atoms with E-state index in [1.165, 1.54) is 11.1 Å². The van der Waals surface area contributed by atoms with Crippen LogP contribution in [0.25, 0.3) is 0 Å². The average molecular weight is 373 g/mol. The molecule has 0 spiro atoms. The maximum atomic E-state index is 12.9. The Labute approximate surface area is 165 Å². The summed E-state index contributed by atoms with van der Waals surface area (Å²) in [4.78, 5) is 19.1. The van der Waals surface area contributed by atoms with Crippen molar-refractivity contribution in [2.75, 3.05) is 30.4 Å². The van der Waals surface area contributed by atoms with Crippen LogP contribution in [0, 0.1) is 0 Å². The first-order chi connectivity index (χ1) is 13.7. The van der Waals surface area contributed by atoms with E-state index in [9.17, 15) is 4.79 Å². The molecule has 5 nitrogen and oxygen atoms in total. The lowest BCUT2D eigenvalue weighted by molar-refractivity contribution is 0.0984. The summed E-state index contributed by atoms with van der Waals surface area (Å²) in [6, 6.07) is 19.8. The lowest BCUT2D eigenvalue weighted by Crippen LogP contribution is -2.29. The number of hydrogen-bond donors (Lipinski definition) is 1. The fraction of sp³-hybridized carbons (Fsp3) is 0.217. The van der Waals surface area contributed by atoms with Crippen molar-refractivity contribution < 1.29 is 9.53 Å². The first kappa shape index (κ1) is 18.0. The van der Waals surface area contributed by atoms with Gasteiger partial charge in [0.25, 0.3) is 5.91 Å². The van der Waals surface area contributed by atoms with Gasteiger partial charge in [-0.3, -0.25) is 9.78 Å². The number of para-hydroxylation sites is 1. The van der Waals surface area contributed by atoms with E-state index < -0.39 is 0 Å². The van der Waals surface area contributed by atoms with Crippen LogP contribution in [0.5, 0.6) is 5.75 Å². The molecule has 0 saturated carbocycles. The second-order valence-corrected chi connectivity index (χ2v) is 6.79. The smallest absolute Gasteiger partial charge is 0.276 e. The van der Waals surface area contributed by atoms with Gasteiger partial charge < -0.3 is 15.0 Å². The number of carbonyl (C=O) groups is 1. The summed E-state index contributed by atoms with van der Waals surface area (Å²) in [5.41, 5.74) is 4.76. The second kappa shape index (κ2) is 8.13. The Kier molecular flexibility index (Phi) is 5.24. The van der Waals surface area contributed by atoms with E-state index in [2.05, 4.69) is 22.4 Å². The Balaban J connectivity index is 1.41. The summed E-state index contributed by atoms with van der Waals surface area (Å²) < 4.78 is 5.26. The number of pyridine rings is 1. The van der Waals surface area contributed by atoms with Gasteiger partial charge in [-0.05, 0) is 54.3 Å². The highest BCUT2D eigenvalue weighted by atomic mass is 16.5. The molecule has 2 aromatic carbocycles. The average Bonchev–Trinajstić information content (AvgIpc) is 3.18. The monoisotopic (exact) mass is 373 g/mol. The van der Waals surface area contributed by atoms with Crippen LogP contribution in [-0.2, 0) is 12.8 Å². The van der Waals surface area contributed by atoms with E-state index in [0.717, 1.165) is 36.5 Å². The molecule has 3 aromatic rings. The number of nitrogens with zero attached hydrogens (tertiary/aromatic N) is 2. The molecule has 0 atom stereocenters. The van der Waals surface area contributed by atoms with Gasteiger partial charge in [0.1, 0.15) is 11.4 Å². The maximum absolute atomic E-state index is 12.9. The molecule has 0 saturated heterocycles. The van der Waals surface area contributed by atoms with Gasteiger partial charge in [-0.1, -0.05) is 30.3 Å². The van der Waals surface area contributed by atoms with Gasteiger partial charge >= 0.3 is 0 Å². The van der Waals surface area contributed by atoms with Crippen molar-refractivity contribution >= 4 is 17.3 Å². The number of carbonyl (C=O) groups excluding carboxylic acids is 1. The molecular formula is C23H23N3O2. The summed E-state index contributed by atoms with van der Waals surface area (Å²) in [5, 5.41) is 3.38. The number of aromatic nitrogens is 1. The van der Waals surface area contributed by atoms with E-state index >= 15 is 0 Å². The molecule has 28 heavy (non-hydrogen) atoms. The van der Waals surface area contributed by atoms with Gasteiger partial charge in [0, 0.05) is 30.7 Å². The molecule has 0 bridgehead atoms. The topological polar surface area (TPSA) is 54.5 Å². The number of fused-ring (bicyclic) bond motifs is 1. The fourth-order valence-corrected chi connectivity index (χ4v) is 3.52. The molecule has 0 aliphatic carbocycles. The molecule has 1 aromatic heterocycles. The number of hydrogen-bond acceptors (Lipinski definition) is 4. The van der Waals surface area contributed by atoms with Crippen LogP contribution < -0.4 is 15.0 Å². The van der Waals surface area contributed by atoms with Crippen LogP contribution in [0.1, 0.15) is 21.6 Å². The Bertz CT molecular complexity index is 987. The molecule has 0 radical (unpaired) electrons. The largest absolute Gasteiger partial charge is 0.497 e. The zero-order valence-electron chi connectivity index (χ0n) is 15.9. The van der Waals surface area contributed by atoms with Gasteiger partial charge in [-0.2, -0.15) is 0 Å². The molecule has 1 aliphatic rings. The molecule has 2 heterocycles. The van der Waals surface area contributed by atoms with Crippen LogP contribution in [-0.4, -0.2) is 31.1 Å². The van der Waals surface area contributed by atoms with Crippen LogP contribution in [0.3, 0.4) is 0 Å². The molecule has 1 aliphatic heterocycles. The predicted molar refractivity (Wildman–Crippen MR) is 111 cm³/mol. The molecule has 0 unspecified atom stereocenters. The maximum Gasteiger partial charge on any atom is 0.276 e. The molecule has 1 amide bonds. The highest BCUT2D eigenvalue weighted by Gasteiger charge is 2.25. The lowest BCUT2D eigenvalue weighted by atomic mass is 10.1. The zero-order valence-corrected chi connectivity index (χ0v) is 15.9. The van der Waals surface area contributed by atoms with Crippen LogP contribution in [0.15, 0.2) is 66.9 Å². The quantitative estimate of drug-likeness (QED) is 0.711. The number of rotatable bonds is 6.